The van der Waals surface area contributed by atoms with Gasteiger partial charge in [-0.25, -0.2) is 9.98 Å². The molecule has 0 aliphatic heterocycles. The maximum Gasteiger partial charge on any atom is 0.357 e. The molecule has 0 saturated heterocycles. The van der Waals surface area contributed by atoms with Crippen LogP contribution in [0.25, 0.3) is 16.3 Å². The molecule has 12 nitrogen and oxygen atoms in total. The van der Waals surface area contributed by atoms with Gasteiger partial charge in [0.2, 0.25) is 17.5 Å². The minimum absolute atomic E-state index is 0.0565. The summed E-state index contributed by atoms with van der Waals surface area (Å²) >= 11 is 6.28. The van der Waals surface area contributed by atoms with E-state index < -0.39 is 32.6 Å². The van der Waals surface area contributed by atoms with Crippen LogP contribution in [0.5, 0.6) is 0 Å². The van der Waals surface area contributed by atoms with Gasteiger partial charge in [0.25, 0.3) is 0 Å². The fourth-order valence-electron chi connectivity index (χ4n) is 3.32. The van der Waals surface area contributed by atoms with Crippen molar-refractivity contribution in [3.8, 4) is 11.5 Å². The van der Waals surface area contributed by atoms with E-state index in [-0.39, 0.29) is 34.6 Å². The van der Waals surface area contributed by atoms with E-state index in [1.807, 2.05) is 4.72 Å². The molecule has 0 saturated carbocycles. The lowest BCUT2D eigenvalue weighted by Crippen LogP contribution is -2.28. The van der Waals surface area contributed by atoms with Crippen LogP contribution in [0.3, 0.4) is 0 Å². The first-order valence-corrected chi connectivity index (χ1v) is 13.1. The van der Waals surface area contributed by atoms with Gasteiger partial charge in [-0.2, -0.15) is 16.8 Å². The van der Waals surface area contributed by atoms with Crippen molar-refractivity contribution in [1.29, 1.82) is 0 Å². The zero-order valence-electron chi connectivity index (χ0n) is 18.3. The van der Waals surface area contributed by atoms with Crippen LogP contribution in [0, 0.1) is 13.5 Å². The maximum atomic E-state index is 11.6. The summed E-state index contributed by atoms with van der Waals surface area (Å²) in [4.78, 5) is 3.36. The molecule has 1 aromatic heterocycles. The zero-order valence-corrected chi connectivity index (χ0v) is 20.7. The molecule has 0 radical (unpaired) electrons. The van der Waals surface area contributed by atoms with E-state index >= 15 is 0 Å². The van der Waals surface area contributed by atoms with Crippen molar-refractivity contribution in [2.24, 2.45) is 5.14 Å². The van der Waals surface area contributed by atoms with Crippen molar-refractivity contribution >= 4 is 43.6 Å². The highest BCUT2D eigenvalue weighted by Gasteiger charge is 2.30. The number of rotatable bonds is 9. The first-order valence-electron chi connectivity index (χ1n) is 9.83. The minimum Gasteiger partial charge on any atom is -0.420 e. The minimum atomic E-state index is -4.43. The Kier molecular flexibility index (Phi) is 7.80. The summed E-state index contributed by atoms with van der Waals surface area (Å²) in [7, 11) is -8.72. The fourth-order valence-corrected chi connectivity index (χ4v) is 4.54. The first kappa shape index (κ1) is 26.5. The molecule has 0 fully saturated rings. The van der Waals surface area contributed by atoms with E-state index in [9.17, 15) is 16.8 Å². The SMILES string of the molecule is [C-]#[N+]c1ccc(C[C@@H](c2nnc(-c3ccc(NS(=O)(=O)O)cc3)o2)[C@@H](C)OS(N)(=O)=O)c(C)c1Cl. The molecule has 0 aliphatic rings. The molecule has 0 amide bonds. The van der Waals surface area contributed by atoms with Gasteiger partial charge >= 0.3 is 20.6 Å². The lowest BCUT2D eigenvalue weighted by Gasteiger charge is -2.21. The highest BCUT2D eigenvalue weighted by atomic mass is 35.5. The summed E-state index contributed by atoms with van der Waals surface area (Å²) in [6.45, 7) is 10.4. The zero-order chi connectivity index (χ0) is 26.0. The van der Waals surface area contributed by atoms with Crippen LogP contribution in [0.4, 0.5) is 11.4 Å². The van der Waals surface area contributed by atoms with Gasteiger partial charge in [0.15, 0.2) is 0 Å². The smallest absolute Gasteiger partial charge is 0.357 e. The van der Waals surface area contributed by atoms with Crippen LogP contribution in [0.2, 0.25) is 5.02 Å². The monoisotopic (exact) mass is 541 g/mol. The summed E-state index contributed by atoms with van der Waals surface area (Å²) in [6.07, 6.45) is -0.822. The number of benzene rings is 2. The second kappa shape index (κ2) is 10.3. The summed E-state index contributed by atoms with van der Waals surface area (Å²) in [6, 6.07) is 8.97. The van der Waals surface area contributed by atoms with E-state index in [1.165, 1.54) is 31.2 Å². The van der Waals surface area contributed by atoms with Gasteiger partial charge < -0.3 is 4.42 Å². The molecular weight excluding hydrogens is 522 g/mol. The van der Waals surface area contributed by atoms with Gasteiger partial charge in [0.1, 0.15) is 0 Å². The molecule has 2 aromatic carbocycles. The van der Waals surface area contributed by atoms with Gasteiger partial charge in [0, 0.05) is 5.56 Å². The van der Waals surface area contributed by atoms with Gasteiger partial charge in [-0.3, -0.25) is 13.5 Å². The van der Waals surface area contributed by atoms with Crippen molar-refractivity contribution in [3.05, 3.63) is 69.9 Å². The summed E-state index contributed by atoms with van der Waals surface area (Å²) in [5.41, 5.74) is 2.17. The number of nitrogens with two attached hydrogens (primary N) is 1. The summed E-state index contributed by atoms with van der Waals surface area (Å²) in [5, 5.41) is 13.4. The van der Waals surface area contributed by atoms with Gasteiger partial charge in [-0.1, -0.05) is 23.7 Å². The number of aromatic nitrogens is 2. The molecule has 3 rings (SSSR count). The molecule has 0 unspecified atom stereocenters. The average molecular weight is 542 g/mol. The van der Waals surface area contributed by atoms with Crippen LogP contribution in [-0.2, 0) is 31.2 Å². The topological polar surface area (TPSA) is 179 Å². The summed E-state index contributed by atoms with van der Waals surface area (Å²) in [5.74, 6) is -0.631. The average Bonchev–Trinajstić information content (AvgIpc) is 3.22. The highest BCUT2D eigenvalue weighted by molar-refractivity contribution is 7.87. The van der Waals surface area contributed by atoms with Gasteiger partial charge in [-0.15, -0.1) is 10.2 Å². The standard InChI is InChI=1S/C20H20ClN5O7S2/c1-11-14(6-9-17(23-3)18(11)21)10-16(12(2)33-34(22,27)28)20-25-24-19(32-20)13-4-7-15(8-5-13)26-35(29,30)31/h4-9,12,16,26H,10H2,1-2H3,(H2,22,27,28)(H,29,30,31)/t12-,16-/m1/s1. The van der Waals surface area contributed by atoms with Crippen molar-refractivity contribution in [1.82, 2.24) is 10.2 Å². The third-order valence-corrected chi connectivity index (χ3v) is 6.57. The van der Waals surface area contributed by atoms with Crippen LogP contribution in [-0.4, -0.2) is 37.7 Å². The molecule has 3 aromatic rings. The number of nitrogens with zero attached hydrogens (tertiary/aromatic N) is 3. The Bertz CT molecular complexity index is 1480. The quantitative estimate of drug-likeness (QED) is 0.270. The number of hydrogen-bond acceptors (Lipinski definition) is 8. The second-order valence-electron chi connectivity index (χ2n) is 7.50. The fraction of sp³-hybridized carbons (Fsp3) is 0.250. The molecule has 15 heteroatoms. The van der Waals surface area contributed by atoms with E-state index in [0.29, 0.717) is 16.7 Å². The molecule has 2 atom stereocenters. The van der Waals surface area contributed by atoms with Gasteiger partial charge in [0.05, 0.1) is 29.3 Å². The molecule has 4 N–H and O–H groups in total. The Morgan fingerprint density at radius 3 is 2.43 bits per heavy atom. The predicted molar refractivity (Wildman–Crippen MR) is 127 cm³/mol. The maximum absolute atomic E-state index is 11.6. The Morgan fingerprint density at radius 1 is 1.20 bits per heavy atom. The predicted octanol–water partition coefficient (Wildman–Crippen LogP) is 3.40. The lowest BCUT2D eigenvalue weighted by atomic mass is 9.92. The van der Waals surface area contributed by atoms with Crippen LogP contribution in [0.1, 0.15) is 29.9 Å². The molecule has 0 aliphatic carbocycles. The van der Waals surface area contributed by atoms with Crippen LogP contribution >= 0.6 is 11.6 Å². The van der Waals surface area contributed by atoms with E-state index in [4.69, 9.17) is 36.5 Å². The largest absolute Gasteiger partial charge is 0.420 e. The molecule has 1 heterocycles. The van der Waals surface area contributed by atoms with Crippen LogP contribution < -0.4 is 9.86 Å². The number of halogens is 1. The van der Waals surface area contributed by atoms with Crippen LogP contribution in [0.15, 0.2) is 40.8 Å². The normalized spacial score (nSPS) is 13.7. The van der Waals surface area contributed by atoms with Crippen molar-refractivity contribution in [2.45, 2.75) is 32.3 Å². The third-order valence-electron chi connectivity index (χ3n) is 5.03. The Morgan fingerprint density at radius 2 is 1.86 bits per heavy atom. The lowest BCUT2D eigenvalue weighted by molar-refractivity contribution is 0.180. The molecule has 0 bridgehead atoms. The summed E-state index contributed by atoms with van der Waals surface area (Å²) < 4.78 is 66.6. The van der Waals surface area contributed by atoms with Gasteiger partial charge in [-0.05, 0) is 55.7 Å². The Labute approximate surface area is 207 Å². The molecular formula is C20H20ClN5O7S2. The Balaban J connectivity index is 1.95. The molecule has 0 spiro atoms. The number of anilines is 1. The van der Waals surface area contributed by atoms with Crippen molar-refractivity contribution in [2.75, 3.05) is 4.72 Å². The second-order valence-corrected chi connectivity index (χ2v) is 10.2. The van der Waals surface area contributed by atoms with E-state index in [0.717, 1.165) is 0 Å². The van der Waals surface area contributed by atoms with Crippen molar-refractivity contribution in [3.63, 3.8) is 0 Å². The van der Waals surface area contributed by atoms with Crippen molar-refractivity contribution < 1.29 is 30.0 Å². The number of nitrogens with one attached hydrogen (secondary N) is 1. The third kappa shape index (κ3) is 6.98. The first-order chi connectivity index (χ1) is 16.3. The van der Waals surface area contributed by atoms with E-state index in [2.05, 4.69) is 15.0 Å². The van der Waals surface area contributed by atoms with E-state index in [1.54, 1.807) is 19.1 Å². The highest BCUT2D eigenvalue weighted by Crippen LogP contribution is 2.35. The Hall–Kier alpha value is -3.06. The number of hydrogen-bond donors (Lipinski definition) is 3. The molecule has 186 valence electrons. The molecule has 35 heavy (non-hydrogen) atoms.